The Hall–Kier alpha value is -2.75. The lowest BCUT2D eigenvalue weighted by atomic mass is 9.89. The van der Waals surface area contributed by atoms with E-state index < -0.39 is 0 Å². The number of Topliss-reactive ketones (excluding diaryl/α,β-unsaturated/α-hetero) is 1. The Morgan fingerprint density at radius 2 is 1.60 bits per heavy atom. The number of ketones is 1. The van der Waals surface area contributed by atoms with Gasteiger partial charge in [0.25, 0.3) is 0 Å². The van der Waals surface area contributed by atoms with E-state index in [2.05, 4.69) is 0 Å². The normalized spacial score (nSPS) is 15.5. The number of piperidine rings is 1. The van der Waals surface area contributed by atoms with E-state index in [1.165, 1.54) is 18.2 Å². The van der Waals surface area contributed by atoms with Crippen LogP contribution in [0.4, 0.5) is 4.39 Å². The molecule has 0 unspecified atom stereocenters. The zero-order valence-electron chi connectivity index (χ0n) is 13.9. The highest BCUT2D eigenvalue weighted by atomic mass is 19.1. The first kappa shape index (κ1) is 17.1. The number of carbonyl (C=O) groups is 2. The minimum atomic E-state index is -0.298. The Kier molecular flexibility index (Phi) is 5.39. The Morgan fingerprint density at radius 3 is 2.24 bits per heavy atom. The first-order chi connectivity index (χ1) is 12.1. The van der Waals surface area contributed by atoms with E-state index in [1.807, 2.05) is 30.3 Å². The third kappa shape index (κ3) is 4.41. The van der Waals surface area contributed by atoms with Crippen molar-refractivity contribution in [1.82, 2.24) is 4.90 Å². The van der Waals surface area contributed by atoms with Crippen molar-refractivity contribution in [3.63, 3.8) is 0 Å². The lowest BCUT2D eigenvalue weighted by Crippen LogP contribution is -2.39. The highest BCUT2D eigenvalue weighted by Crippen LogP contribution is 2.22. The van der Waals surface area contributed by atoms with Crippen LogP contribution in [0.25, 0.3) is 6.08 Å². The molecule has 4 heteroatoms. The molecule has 1 amide bonds. The van der Waals surface area contributed by atoms with Gasteiger partial charge in [-0.3, -0.25) is 9.59 Å². The topological polar surface area (TPSA) is 37.4 Å². The second-order valence-electron chi connectivity index (χ2n) is 6.21. The molecule has 1 heterocycles. The second-order valence-corrected chi connectivity index (χ2v) is 6.21. The molecular weight excluding hydrogens is 317 g/mol. The number of amides is 1. The molecule has 2 aromatic carbocycles. The van der Waals surface area contributed by atoms with Gasteiger partial charge in [0.2, 0.25) is 5.91 Å². The second kappa shape index (κ2) is 7.88. The van der Waals surface area contributed by atoms with Crippen LogP contribution >= 0.6 is 0 Å². The van der Waals surface area contributed by atoms with Gasteiger partial charge in [0.1, 0.15) is 5.82 Å². The SMILES string of the molecule is O=C(c1ccccc1)C1CCN(C(=O)C=Cc2ccc(F)cc2)CC1. The summed E-state index contributed by atoms with van der Waals surface area (Å²) in [5, 5.41) is 0. The predicted molar refractivity (Wildman–Crippen MR) is 95.5 cm³/mol. The van der Waals surface area contributed by atoms with E-state index >= 15 is 0 Å². The molecule has 25 heavy (non-hydrogen) atoms. The van der Waals surface area contributed by atoms with Crippen LogP contribution in [0.2, 0.25) is 0 Å². The molecule has 1 aliphatic rings. The van der Waals surface area contributed by atoms with Crippen molar-refractivity contribution < 1.29 is 14.0 Å². The molecule has 3 nitrogen and oxygen atoms in total. The fraction of sp³-hybridized carbons (Fsp3) is 0.238. The van der Waals surface area contributed by atoms with Crippen LogP contribution in [0.3, 0.4) is 0 Å². The van der Waals surface area contributed by atoms with Gasteiger partial charge in [-0.25, -0.2) is 4.39 Å². The van der Waals surface area contributed by atoms with Crippen LogP contribution in [0.5, 0.6) is 0 Å². The van der Waals surface area contributed by atoms with Crippen molar-refractivity contribution in [2.24, 2.45) is 5.92 Å². The van der Waals surface area contributed by atoms with E-state index in [4.69, 9.17) is 0 Å². The molecule has 0 bridgehead atoms. The first-order valence-corrected chi connectivity index (χ1v) is 8.45. The number of rotatable bonds is 4. The fourth-order valence-electron chi connectivity index (χ4n) is 3.05. The fourth-order valence-corrected chi connectivity index (χ4v) is 3.05. The lowest BCUT2D eigenvalue weighted by Gasteiger charge is -2.30. The number of carbonyl (C=O) groups excluding carboxylic acids is 2. The zero-order valence-corrected chi connectivity index (χ0v) is 13.9. The summed E-state index contributed by atoms with van der Waals surface area (Å²) in [6, 6.07) is 15.3. The quantitative estimate of drug-likeness (QED) is 0.625. The lowest BCUT2D eigenvalue weighted by molar-refractivity contribution is -0.127. The van der Waals surface area contributed by atoms with Crippen LogP contribution < -0.4 is 0 Å². The zero-order chi connectivity index (χ0) is 17.6. The van der Waals surface area contributed by atoms with Gasteiger partial charge in [-0.2, -0.15) is 0 Å². The molecule has 1 saturated heterocycles. The molecule has 0 spiro atoms. The van der Waals surface area contributed by atoms with Crippen molar-refractivity contribution in [3.8, 4) is 0 Å². The Balaban J connectivity index is 1.54. The van der Waals surface area contributed by atoms with Crippen LogP contribution in [-0.4, -0.2) is 29.7 Å². The molecule has 0 N–H and O–H groups in total. The maximum absolute atomic E-state index is 12.9. The highest BCUT2D eigenvalue weighted by Gasteiger charge is 2.27. The predicted octanol–water partition coefficient (Wildman–Crippen LogP) is 3.96. The molecule has 0 saturated carbocycles. The Bertz CT molecular complexity index is 760. The minimum absolute atomic E-state index is 0.0208. The van der Waals surface area contributed by atoms with E-state index in [9.17, 15) is 14.0 Å². The summed E-state index contributed by atoms with van der Waals surface area (Å²) in [5.74, 6) is -0.231. The van der Waals surface area contributed by atoms with E-state index in [1.54, 1.807) is 23.1 Å². The monoisotopic (exact) mass is 337 g/mol. The maximum atomic E-state index is 12.9. The molecule has 1 fully saturated rings. The van der Waals surface area contributed by atoms with Gasteiger partial charge in [0.15, 0.2) is 5.78 Å². The molecule has 0 aliphatic carbocycles. The Labute approximate surface area is 146 Å². The Morgan fingerprint density at radius 1 is 0.960 bits per heavy atom. The molecule has 0 aromatic heterocycles. The smallest absolute Gasteiger partial charge is 0.246 e. The van der Waals surface area contributed by atoms with E-state index in [0.29, 0.717) is 25.9 Å². The third-order valence-electron chi connectivity index (χ3n) is 4.52. The summed E-state index contributed by atoms with van der Waals surface area (Å²) in [4.78, 5) is 26.5. The number of nitrogens with zero attached hydrogens (tertiary/aromatic N) is 1. The van der Waals surface area contributed by atoms with Crippen LogP contribution in [-0.2, 0) is 4.79 Å². The molecule has 0 radical (unpaired) electrons. The summed E-state index contributed by atoms with van der Waals surface area (Å²) in [7, 11) is 0. The summed E-state index contributed by atoms with van der Waals surface area (Å²) in [5.41, 5.74) is 1.52. The van der Waals surface area contributed by atoms with Gasteiger partial charge in [0.05, 0.1) is 0 Å². The van der Waals surface area contributed by atoms with Crippen LogP contribution in [0, 0.1) is 11.7 Å². The molecule has 3 rings (SSSR count). The average molecular weight is 337 g/mol. The van der Waals surface area contributed by atoms with Gasteiger partial charge in [-0.15, -0.1) is 0 Å². The molecule has 128 valence electrons. The van der Waals surface area contributed by atoms with E-state index in [0.717, 1.165) is 11.1 Å². The summed E-state index contributed by atoms with van der Waals surface area (Å²) in [6.45, 7) is 1.16. The largest absolute Gasteiger partial charge is 0.339 e. The highest BCUT2D eigenvalue weighted by molar-refractivity contribution is 5.98. The molecule has 2 aromatic rings. The molecule has 0 atom stereocenters. The minimum Gasteiger partial charge on any atom is -0.339 e. The standard InChI is InChI=1S/C21H20FNO2/c22-19-9-6-16(7-10-19)8-11-20(24)23-14-12-18(13-15-23)21(25)17-4-2-1-3-5-17/h1-11,18H,12-15H2. The van der Waals surface area contributed by atoms with Gasteiger partial charge in [-0.1, -0.05) is 42.5 Å². The number of benzene rings is 2. The molecular formula is C21H20FNO2. The van der Waals surface area contributed by atoms with Gasteiger partial charge < -0.3 is 4.90 Å². The van der Waals surface area contributed by atoms with Gasteiger partial charge in [0, 0.05) is 30.6 Å². The number of hydrogen-bond acceptors (Lipinski definition) is 2. The van der Waals surface area contributed by atoms with Crippen LogP contribution in [0.15, 0.2) is 60.7 Å². The van der Waals surface area contributed by atoms with Crippen molar-refractivity contribution in [3.05, 3.63) is 77.6 Å². The van der Waals surface area contributed by atoms with Gasteiger partial charge in [-0.05, 0) is 36.6 Å². The average Bonchev–Trinajstić information content (AvgIpc) is 2.67. The van der Waals surface area contributed by atoms with Crippen molar-refractivity contribution in [1.29, 1.82) is 0 Å². The van der Waals surface area contributed by atoms with E-state index in [-0.39, 0.29) is 23.4 Å². The summed E-state index contributed by atoms with van der Waals surface area (Å²) >= 11 is 0. The first-order valence-electron chi connectivity index (χ1n) is 8.45. The summed E-state index contributed by atoms with van der Waals surface area (Å²) < 4.78 is 12.9. The number of hydrogen-bond donors (Lipinski definition) is 0. The van der Waals surface area contributed by atoms with Crippen molar-refractivity contribution in [2.75, 3.05) is 13.1 Å². The summed E-state index contributed by atoms with van der Waals surface area (Å²) in [6.07, 6.45) is 4.56. The molecule has 1 aliphatic heterocycles. The number of halogens is 1. The van der Waals surface area contributed by atoms with Crippen LogP contribution in [0.1, 0.15) is 28.8 Å². The maximum Gasteiger partial charge on any atom is 0.246 e. The van der Waals surface area contributed by atoms with Crippen molar-refractivity contribution >= 4 is 17.8 Å². The third-order valence-corrected chi connectivity index (χ3v) is 4.52. The number of likely N-dealkylation sites (tertiary alicyclic amines) is 1. The van der Waals surface area contributed by atoms with Gasteiger partial charge >= 0.3 is 0 Å². The van der Waals surface area contributed by atoms with Crippen molar-refractivity contribution in [2.45, 2.75) is 12.8 Å².